The summed E-state index contributed by atoms with van der Waals surface area (Å²) < 4.78 is 0. The molecule has 7 heteroatoms. The molecule has 1 unspecified atom stereocenters. The van der Waals surface area contributed by atoms with Crippen molar-refractivity contribution in [2.75, 3.05) is 19.6 Å². The molecule has 1 atom stereocenters. The lowest BCUT2D eigenvalue weighted by Gasteiger charge is -2.43. The van der Waals surface area contributed by atoms with Crippen LogP contribution in [-0.4, -0.2) is 59.5 Å². The SMILES string of the molecule is O=C(O)CN(CC1CC1)C1CC(NC(=O)C2CCC(=O)NC2)C1. The van der Waals surface area contributed by atoms with Gasteiger partial charge in [-0.05, 0) is 38.0 Å². The van der Waals surface area contributed by atoms with E-state index >= 15 is 0 Å². The van der Waals surface area contributed by atoms with Crippen LogP contribution in [-0.2, 0) is 14.4 Å². The molecule has 2 amide bonds. The molecule has 2 saturated carbocycles. The third kappa shape index (κ3) is 4.43. The number of carboxylic acids is 1. The molecular weight excluding hydrogens is 298 g/mol. The fraction of sp³-hybridized carbons (Fsp3) is 0.812. The molecule has 0 aromatic carbocycles. The molecule has 3 fully saturated rings. The zero-order valence-corrected chi connectivity index (χ0v) is 13.3. The Bertz CT molecular complexity index is 476. The zero-order valence-electron chi connectivity index (χ0n) is 13.3. The van der Waals surface area contributed by atoms with E-state index < -0.39 is 5.97 Å². The molecule has 0 aromatic heterocycles. The number of nitrogens with one attached hydrogen (secondary N) is 2. The molecule has 23 heavy (non-hydrogen) atoms. The second kappa shape index (κ2) is 6.86. The van der Waals surface area contributed by atoms with Crippen LogP contribution in [0.1, 0.15) is 38.5 Å². The average molecular weight is 323 g/mol. The number of nitrogens with zero attached hydrogens (tertiary/aromatic N) is 1. The largest absolute Gasteiger partial charge is 0.480 e. The second-order valence-corrected chi connectivity index (χ2v) is 7.14. The number of hydrogen-bond donors (Lipinski definition) is 3. The fourth-order valence-electron chi connectivity index (χ4n) is 3.43. The van der Waals surface area contributed by atoms with Crippen molar-refractivity contribution in [1.82, 2.24) is 15.5 Å². The van der Waals surface area contributed by atoms with Gasteiger partial charge in [0.25, 0.3) is 0 Å². The van der Waals surface area contributed by atoms with Crippen LogP contribution in [0, 0.1) is 11.8 Å². The highest BCUT2D eigenvalue weighted by Gasteiger charge is 2.38. The number of carboxylic acid groups (broad SMARTS) is 1. The predicted octanol–water partition coefficient (Wildman–Crippen LogP) is -0.0436. The van der Waals surface area contributed by atoms with E-state index in [2.05, 4.69) is 15.5 Å². The van der Waals surface area contributed by atoms with Crippen molar-refractivity contribution in [3.8, 4) is 0 Å². The first-order chi connectivity index (χ1) is 11.0. The van der Waals surface area contributed by atoms with Gasteiger partial charge in [0.2, 0.25) is 11.8 Å². The van der Waals surface area contributed by atoms with Gasteiger partial charge in [0, 0.05) is 31.6 Å². The maximum atomic E-state index is 12.2. The standard InChI is InChI=1S/C16H25N3O4/c20-14-4-3-11(7-17-14)16(23)18-12-5-13(6-12)19(9-15(21)22)8-10-1-2-10/h10-13H,1-9H2,(H,17,20)(H,18,23)(H,21,22). The van der Waals surface area contributed by atoms with Crippen LogP contribution in [0.2, 0.25) is 0 Å². The lowest BCUT2D eigenvalue weighted by molar-refractivity contribution is -0.140. The Morgan fingerprint density at radius 2 is 2.00 bits per heavy atom. The number of rotatable bonds is 7. The fourth-order valence-corrected chi connectivity index (χ4v) is 3.43. The van der Waals surface area contributed by atoms with Crippen LogP contribution >= 0.6 is 0 Å². The van der Waals surface area contributed by atoms with Gasteiger partial charge in [-0.25, -0.2) is 0 Å². The minimum absolute atomic E-state index is 0.0143. The third-order valence-corrected chi connectivity index (χ3v) is 5.14. The minimum Gasteiger partial charge on any atom is -0.480 e. The van der Waals surface area contributed by atoms with Gasteiger partial charge in [0.05, 0.1) is 12.5 Å². The highest BCUT2D eigenvalue weighted by Crippen LogP contribution is 2.33. The van der Waals surface area contributed by atoms with Gasteiger partial charge in [0.15, 0.2) is 0 Å². The molecule has 7 nitrogen and oxygen atoms in total. The number of hydrogen-bond acceptors (Lipinski definition) is 4. The Kier molecular flexibility index (Phi) is 4.84. The summed E-state index contributed by atoms with van der Waals surface area (Å²) in [6.07, 6.45) is 5.09. The van der Waals surface area contributed by atoms with Crippen LogP contribution in [0.3, 0.4) is 0 Å². The van der Waals surface area contributed by atoms with Crippen LogP contribution in [0.25, 0.3) is 0 Å². The summed E-state index contributed by atoms with van der Waals surface area (Å²) in [5, 5.41) is 14.8. The van der Waals surface area contributed by atoms with Gasteiger partial charge in [-0.2, -0.15) is 0 Å². The molecule has 0 spiro atoms. The lowest BCUT2D eigenvalue weighted by atomic mass is 9.84. The Morgan fingerprint density at radius 3 is 2.57 bits per heavy atom. The smallest absolute Gasteiger partial charge is 0.317 e. The van der Waals surface area contributed by atoms with Crippen LogP contribution in [0.4, 0.5) is 0 Å². The van der Waals surface area contributed by atoms with Gasteiger partial charge in [-0.1, -0.05) is 0 Å². The number of carbonyl (C=O) groups excluding carboxylic acids is 2. The third-order valence-electron chi connectivity index (χ3n) is 5.14. The molecule has 128 valence electrons. The molecule has 3 N–H and O–H groups in total. The van der Waals surface area contributed by atoms with Gasteiger partial charge in [0.1, 0.15) is 0 Å². The van der Waals surface area contributed by atoms with Crippen molar-refractivity contribution < 1.29 is 19.5 Å². The first kappa shape index (κ1) is 16.2. The van der Waals surface area contributed by atoms with E-state index in [0.717, 1.165) is 19.4 Å². The Hall–Kier alpha value is -1.63. The van der Waals surface area contributed by atoms with Crippen molar-refractivity contribution in [3.05, 3.63) is 0 Å². The first-order valence-electron chi connectivity index (χ1n) is 8.54. The molecular formula is C16H25N3O4. The second-order valence-electron chi connectivity index (χ2n) is 7.14. The van der Waals surface area contributed by atoms with E-state index in [4.69, 9.17) is 5.11 Å². The number of aliphatic carboxylic acids is 1. The van der Waals surface area contributed by atoms with Crippen molar-refractivity contribution in [2.24, 2.45) is 11.8 Å². The van der Waals surface area contributed by atoms with E-state index in [-0.39, 0.29) is 36.4 Å². The highest BCUT2D eigenvalue weighted by molar-refractivity contribution is 5.83. The molecule has 3 rings (SSSR count). The monoisotopic (exact) mass is 323 g/mol. The normalized spacial score (nSPS) is 30.5. The summed E-state index contributed by atoms with van der Waals surface area (Å²) in [5.41, 5.74) is 0. The predicted molar refractivity (Wildman–Crippen MR) is 82.6 cm³/mol. The molecule has 0 bridgehead atoms. The quantitative estimate of drug-likeness (QED) is 0.610. The Labute approximate surface area is 135 Å². The van der Waals surface area contributed by atoms with Gasteiger partial charge in [-0.3, -0.25) is 19.3 Å². The average Bonchev–Trinajstić information content (AvgIpc) is 3.25. The molecule has 0 aromatic rings. The van der Waals surface area contributed by atoms with Crippen molar-refractivity contribution in [1.29, 1.82) is 0 Å². The number of carbonyl (C=O) groups is 3. The van der Waals surface area contributed by atoms with Crippen LogP contribution in [0.15, 0.2) is 0 Å². The van der Waals surface area contributed by atoms with E-state index in [1.165, 1.54) is 12.8 Å². The van der Waals surface area contributed by atoms with Gasteiger partial charge in [-0.15, -0.1) is 0 Å². The summed E-state index contributed by atoms with van der Waals surface area (Å²) in [5.74, 6) is -0.221. The van der Waals surface area contributed by atoms with E-state index in [0.29, 0.717) is 25.3 Å². The summed E-state index contributed by atoms with van der Waals surface area (Å²) in [4.78, 5) is 36.4. The number of amides is 2. The van der Waals surface area contributed by atoms with Crippen molar-refractivity contribution in [3.63, 3.8) is 0 Å². The summed E-state index contributed by atoms with van der Waals surface area (Å²) in [7, 11) is 0. The molecule has 1 saturated heterocycles. The summed E-state index contributed by atoms with van der Waals surface area (Å²) >= 11 is 0. The van der Waals surface area contributed by atoms with Crippen molar-refractivity contribution >= 4 is 17.8 Å². The molecule has 3 aliphatic rings. The number of piperidine rings is 1. The Morgan fingerprint density at radius 1 is 1.26 bits per heavy atom. The van der Waals surface area contributed by atoms with E-state index in [9.17, 15) is 14.4 Å². The van der Waals surface area contributed by atoms with Crippen LogP contribution in [0.5, 0.6) is 0 Å². The summed E-state index contributed by atoms with van der Waals surface area (Å²) in [6.45, 7) is 1.39. The lowest BCUT2D eigenvalue weighted by Crippen LogP contribution is -2.56. The Balaban J connectivity index is 1.41. The van der Waals surface area contributed by atoms with Gasteiger partial charge >= 0.3 is 5.97 Å². The van der Waals surface area contributed by atoms with Crippen LogP contribution < -0.4 is 10.6 Å². The molecule has 1 aliphatic heterocycles. The highest BCUT2D eigenvalue weighted by atomic mass is 16.4. The topological polar surface area (TPSA) is 98.7 Å². The van der Waals surface area contributed by atoms with Crippen molar-refractivity contribution in [2.45, 2.75) is 50.6 Å². The maximum absolute atomic E-state index is 12.2. The molecule has 1 heterocycles. The first-order valence-corrected chi connectivity index (χ1v) is 8.54. The van der Waals surface area contributed by atoms with E-state index in [1.54, 1.807) is 0 Å². The summed E-state index contributed by atoms with van der Waals surface area (Å²) in [6, 6.07) is 0.406. The maximum Gasteiger partial charge on any atom is 0.317 e. The zero-order chi connectivity index (χ0) is 16.4. The molecule has 0 radical (unpaired) electrons. The van der Waals surface area contributed by atoms with E-state index in [1.807, 2.05) is 0 Å². The minimum atomic E-state index is -0.781. The van der Waals surface area contributed by atoms with Gasteiger partial charge < -0.3 is 15.7 Å². The molecule has 2 aliphatic carbocycles.